The van der Waals surface area contributed by atoms with Gasteiger partial charge in [-0.25, -0.2) is 24.6 Å². The van der Waals surface area contributed by atoms with Gasteiger partial charge in [-0.05, 0) is 55.7 Å². The maximum absolute atomic E-state index is 12.2. The summed E-state index contributed by atoms with van der Waals surface area (Å²) in [6.45, 7) is 2.44. The number of nitrogens with zero attached hydrogens (tertiary/aromatic N) is 7. The molecule has 2 aliphatic rings. The number of rotatable bonds is 7. The van der Waals surface area contributed by atoms with E-state index in [1.807, 2.05) is 59.3 Å². The smallest absolute Gasteiger partial charge is 0.237 e. The number of nitrogens with two attached hydrogens (primary N) is 1. The van der Waals surface area contributed by atoms with E-state index in [1.165, 1.54) is 6.33 Å². The molecule has 1 atom stereocenters. The van der Waals surface area contributed by atoms with Crippen molar-refractivity contribution >= 4 is 28.7 Å². The predicted octanol–water partition coefficient (Wildman–Crippen LogP) is 4.02. The molecule has 0 saturated carbocycles. The monoisotopic (exact) mass is 589 g/mol. The lowest BCUT2D eigenvalue weighted by atomic mass is 9.97. The van der Waals surface area contributed by atoms with Gasteiger partial charge in [0, 0.05) is 49.6 Å². The Balaban J connectivity index is 1.04. The Morgan fingerprint density at radius 1 is 0.886 bits per heavy atom. The molecule has 0 aliphatic carbocycles. The van der Waals surface area contributed by atoms with Crippen molar-refractivity contribution in [1.29, 1.82) is 0 Å². The van der Waals surface area contributed by atoms with Crippen molar-refractivity contribution in [2.75, 3.05) is 18.8 Å². The highest BCUT2D eigenvalue weighted by molar-refractivity contribution is 6.00. The molecule has 5 heterocycles. The highest BCUT2D eigenvalue weighted by Gasteiger charge is 2.30. The third-order valence-electron chi connectivity index (χ3n) is 8.21. The maximum Gasteiger partial charge on any atom is 0.237 e. The van der Waals surface area contributed by atoms with Gasteiger partial charge in [0.05, 0.1) is 17.3 Å². The van der Waals surface area contributed by atoms with Crippen LogP contribution in [0.25, 0.3) is 22.3 Å². The number of aromatic nitrogens is 6. The first-order valence-corrected chi connectivity index (χ1v) is 14.7. The van der Waals surface area contributed by atoms with Crippen molar-refractivity contribution in [3.05, 3.63) is 84.7 Å². The Labute approximate surface area is 253 Å². The Morgan fingerprint density at radius 3 is 2.34 bits per heavy atom. The molecule has 12 nitrogen and oxygen atoms in total. The van der Waals surface area contributed by atoms with Crippen LogP contribution in [0.5, 0.6) is 11.5 Å². The number of amides is 2. The van der Waals surface area contributed by atoms with Gasteiger partial charge in [0.2, 0.25) is 11.8 Å². The molecule has 3 aromatic heterocycles. The van der Waals surface area contributed by atoms with Crippen LogP contribution in [0.1, 0.15) is 49.0 Å². The second-order valence-corrected chi connectivity index (χ2v) is 11.2. The molecule has 2 saturated heterocycles. The predicted molar refractivity (Wildman–Crippen MR) is 162 cm³/mol. The highest BCUT2D eigenvalue weighted by atomic mass is 16.5. The highest BCUT2D eigenvalue weighted by Crippen LogP contribution is 2.35. The van der Waals surface area contributed by atoms with E-state index in [0.717, 1.165) is 65.3 Å². The van der Waals surface area contributed by atoms with Crippen molar-refractivity contribution in [1.82, 2.24) is 39.9 Å². The fourth-order valence-electron chi connectivity index (χ4n) is 5.90. The number of carbonyl (C=O) groups is 2. The molecule has 12 heteroatoms. The number of carbonyl (C=O) groups excluding carboxylic acids is 2. The molecule has 5 aromatic rings. The minimum Gasteiger partial charge on any atom is -0.457 e. The number of likely N-dealkylation sites (tertiary alicyclic amines) is 1. The number of piperidine rings is 2. The number of nitrogens with one attached hydrogen (secondary N) is 1. The third-order valence-corrected chi connectivity index (χ3v) is 8.21. The molecule has 222 valence electrons. The van der Waals surface area contributed by atoms with E-state index >= 15 is 0 Å². The number of ether oxygens (including phenoxy) is 1. The summed E-state index contributed by atoms with van der Waals surface area (Å²) in [7, 11) is 0. The molecule has 2 aliphatic heterocycles. The third kappa shape index (κ3) is 5.59. The zero-order valence-electron chi connectivity index (χ0n) is 24.0. The van der Waals surface area contributed by atoms with E-state index in [2.05, 4.69) is 30.2 Å². The second kappa shape index (κ2) is 11.8. The van der Waals surface area contributed by atoms with Gasteiger partial charge in [-0.15, -0.1) is 0 Å². The lowest BCUT2D eigenvalue weighted by Crippen LogP contribution is -2.40. The standard InChI is InChI=1S/C32H31N9O3/c33-29-27-28(21-6-8-24(9-7-21)44-23-4-2-1-3-5-23)39-41(31(27)37-19-36-29)22-12-14-40(15-13-22)18-20-16-34-30(35-17-20)25-10-11-26(42)38-32(25)43/h1-9,16-17,19,22,25H,10-15,18H2,(H2,33,36,37)(H,38,42,43). The number of fused-ring (bicyclic) bond motifs is 1. The lowest BCUT2D eigenvalue weighted by molar-refractivity contribution is -0.134. The molecule has 7 rings (SSSR count). The molecule has 0 bridgehead atoms. The molecular weight excluding hydrogens is 558 g/mol. The van der Waals surface area contributed by atoms with Crippen LogP contribution in [-0.2, 0) is 16.1 Å². The van der Waals surface area contributed by atoms with Crippen LogP contribution >= 0.6 is 0 Å². The van der Waals surface area contributed by atoms with Crippen LogP contribution in [0.15, 0.2) is 73.3 Å². The molecule has 2 aromatic carbocycles. The number of benzene rings is 2. The number of anilines is 1. The van der Waals surface area contributed by atoms with E-state index in [0.29, 0.717) is 31.0 Å². The number of hydrogen-bond acceptors (Lipinski definition) is 10. The summed E-state index contributed by atoms with van der Waals surface area (Å²) in [6.07, 6.45) is 7.56. The number of imide groups is 1. The number of nitrogen functional groups attached to an aromatic ring is 1. The van der Waals surface area contributed by atoms with E-state index in [4.69, 9.17) is 15.6 Å². The average molecular weight is 590 g/mol. The SMILES string of the molecule is Nc1ncnc2c1c(-c1ccc(Oc3ccccc3)cc1)nn2C1CCN(Cc2cnc(C3CCC(=O)NC3=O)nc2)CC1. The van der Waals surface area contributed by atoms with Gasteiger partial charge in [-0.3, -0.25) is 19.8 Å². The quantitative estimate of drug-likeness (QED) is 0.266. The van der Waals surface area contributed by atoms with Gasteiger partial charge in [0.25, 0.3) is 0 Å². The van der Waals surface area contributed by atoms with E-state index < -0.39 is 5.92 Å². The van der Waals surface area contributed by atoms with Crippen LogP contribution in [-0.4, -0.2) is 59.5 Å². The fraction of sp³-hybridized carbons (Fsp3) is 0.281. The molecule has 0 radical (unpaired) electrons. The van der Waals surface area contributed by atoms with Crippen molar-refractivity contribution < 1.29 is 14.3 Å². The minimum atomic E-state index is -0.482. The minimum absolute atomic E-state index is 0.156. The summed E-state index contributed by atoms with van der Waals surface area (Å²) in [5.41, 5.74) is 9.73. The molecular formula is C32H31N9O3. The van der Waals surface area contributed by atoms with Gasteiger partial charge in [-0.2, -0.15) is 5.10 Å². The topological polar surface area (TPSA) is 154 Å². The Morgan fingerprint density at radius 2 is 1.61 bits per heavy atom. The van der Waals surface area contributed by atoms with Crippen molar-refractivity contribution in [2.45, 2.75) is 44.2 Å². The van der Waals surface area contributed by atoms with Crippen LogP contribution < -0.4 is 15.8 Å². The molecule has 3 N–H and O–H groups in total. The lowest BCUT2D eigenvalue weighted by Gasteiger charge is -2.32. The zero-order valence-corrected chi connectivity index (χ0v) is 24.0. The van der Waals surface area contributed by atoms with Crippen molar-refractivity contribution in [3.8, 4) is 22.8 Å². The van der Waals surface area contributed by atoms with Gasteiger partial charge in [-0.1, -0.05) is 18.2 Å². The molecule has 1 unspecified atom stereocenters. The van der Waals surface area contributed by atoms with Crippen LogP contribution in [0, 0.1) is 0 Å². The van der Waals surface area contributed by atoms with Gasteiger partial charge < -0.3 is 10.5 Å². The summed E-state index contributed by atoms with van der Waals surface area (Å²) in [4.78, 5) is 43.7. The zero-order chi connectivity index (χ0) is 30.0. The van der Waals surface area contributed by atoms with E-state index in [9.17, 15) is 9.59 Å². The average Bonchev–Trinajstić information content (AvgIpc) is 3.44. The first kappa shape index (κ1) is 27.6. The second-order valence-electron chi connectivity index (χ2n) is 11.2. The van der Waals surface area contributed by atoms with Crippen LogP contribution in [0.2, 0.25) is 0 Å². The summed E-state index contributed by atoms with van der Waals surface area (Å²) < 4.78 is 7.97. The normalized spacial score (nSPS) is 18.0. The fourth-order valence-corrected chi connectivity index (χ4v) is 5.90. The Bertz CT molecular complexity index is 1800. The molecule has 2 fully saturated rings. The van der Waals surface area contributed by atoms with Crippen LogP contribution in [0.4, 0.5) is 5.82 Å². The van der Waals surface area contributed by atoms with Crippen LogP contribution in [0.3, 0.4) is 0 Å². The van der Waals surface area contributed by atoms with E-state index in [-0.39, 0.29) is 17.9 Å². The first-order valence-electron chi connectivity index (χ1n) is 14.7. The Kier molecular flexibility index (Phi) is 7.40. The largest absolute Gasteiger partial charge is 0.457 e. The first-order chi connectivity index (χ1) is 21.5. The molecule has 2 amide bonds. The summed E-state index contributed by atoms with van der Waals surface area (Å²) in [5.74, 6) is 1.31. The van der Waals surface area contributed by atoms with Crippen molar-refractivity contribution in [3.63, 3.8) is 0 Å². The number of hydrogen-bond donors (Lipinski definition) is 2. The van der Waals surface area contributed by atoms with Gasteiger partial charge >= 0.3 is 0 Å². The van der Waals surface area contributed by atoms with E-state index in [1.54, 1.807) is 12.4 Å². The summed E-state index contributed by atoms with van der Waals surface area (Å²) >= 11 is 0. The Hall–Kier alpha value is -5.23. The summed E-state index contributed by atoms with van der Waals surface area (Å²) in [5, 5.41) is 8.15. The van der Waals surface area contributed by atoms with Gasteiger partial charge in [0.15, 0.2) is 5.65 Å². The summed E-state index contributed by atoms with van der Waals surface area (Å²) in [6, 6.07) is 17.6. The molecule has 0 spiro atoms. The maximum atomic E-state index is 12.2. The number of para-hydroxylation sites is 1. The van der Waals surface area contributed by atoms with Crippen molar-refractivity contribution in [2.24, 2.45) is 0 Å². The molecule has 44 heavy (non-hydrogen) atoms. The van der Waals surface area contributed by atoms with Gasteiger partial charge in [0.1, 0.15) is 35.2 Å².